The summed E-state index contributed by atoms with van der Waals surface area (Å²) in [6.45, 7) is 4.16. The lowest BCUT2D eigenvalue weighted by Gasteiger charge is -2.30. The summed E-state index contributed by atoms with van der Waals surface area (Å²) >= 11 is 0. The largest absolute Gasteiger partial charge is 0.341 e. The van der Waals surface area contributed by atoms with E-state index in [-0.39, 0.29) is 0 Å². The van der Waals surface area contributed by atoms with Crippen molar-refractivity contribution < 1.29 is 4.79 Å². The molecule has 0 spiro atoms. The van der Waals surface area contributed by atoms with Crippen LogP contribution in [0.2, 0.25) is 0 Å². The molecule has 1 amide bonds. The summed E-state index contributed by atoms with van der Waals surface area (Å²) in [6, 6.07) is 0.504. The van der Waals surface area contributed by atoms with Crippen molar-refractivity contribution in [2.75, 3.05) is 20.1 Å². The molecule has 2 rings (SSSR count). The van der Waals surface area contributed by atoms with E-state index in [2.05, 4.69) is 24.2 Å². The van der Waals surface area contributed by atoms with Crippen LogP contribution < -0.4 is 5.32 Å². The van der Waals surface area contributed by atoms with Crippen LogP contribution in [0.5, 0.6) is 0 Å². The number of nitrogens with zero attached hydrogens (tertiary/aromatic N) is 1. The van der Waals surface area contributed by atoms with Gasteiger partial charge >= 0.3 is 0 Å². The van der Waals surface area contributed by atoms with E-state index in [9.17, 15) is 4.79 Å². The SMILES string of the molecule is CCCC1CCC(=O)N(CC(NC)C2CCCC2)CC1. The summed E-state index contributed by atoms with van der Waals surface area (Å²) in [5.74, 6) is 1.94. The Kier molecular flexibility index (Phi) is 6.34. The van der Waals surface area contributed by atoms with Crippen molar-refractivity contribution in [2.24, 2.45) is 11.8 Å². The minimum atomic E-state index is 0.391. The van der Waals surface area contributed by atoms with E-state index in [1.807, 2.05) is 0 Å². The standard InChI is InChI=1S/C17H32N2O/c1-3-6-14-9-10-17(20)19(12-11-14)13-16(18-2)15-7-4-5-8-15/h14-16,18H,3-13H2,1-2H3. The molecule has 1 N–H and O–H groups in total. The van der Waals surface area contributed by atoms with Gasteiger partial charge in [-0.1, -0.05) is 32.6 Å². The van der Waals surface area contributed by atoms with E-state index in [1.54, 1.807) is 0 Å². The molecular weight excluding hydrogens is 248 g/mol. The monoisotopic (exact) mass is 280 g/mol. The van der Waals surface area contributed by atoms with Gasteiger partial charge in [-0.15, -0.1) is 0 Å². The zero-order valence-electron chi connectivity index (χ0n) is 13.4. The van der Waals surface area contributed by atoms with Gasteiger partial charge in [0.15, 0.2) is 0 Å². The molecule has 0 aromatic heterocycles. The Labute approximate surface area is 124 Å². The third-order valence-corrected chi connectivity index (χ3v) is 5.38. The summed E-state index contributed by atoms with van der Waals surface area (Å²) < 4.78 is 0. The molecule has 0 bridgehead atoms. The number of hydrogen-bond donors (Lipinski definition) is 1. The van der Waals surface area contributed by atoms with Gasteiger partial charge in [0, 0.05) is 25.6 Å². The molecule has 1 saturated heterocycles. The molecule has 3 heteroatoms. The van der Waals surface area contributed by atoms with Gasteiger partial charge in [-0.25, -0.2) is 0 Å². The fraction of sp³-hybridized carbons (Fsp3) is 0.941. The predicted molar refractivity (Wildman–Crippen MR) is 83.6 cm³/mol. The van der Waals surface area contributed by atoms with E-state index < -0.39 is 0 Å². The number of carbonyl (C=O) groups is 1. The summed E-state index contributed by atoms with van der Waals surface area (Å²) in [7, 11) is 2.06. The van der Waals surface area contributed by atoms with Gasteiger partial charge in [-0.3, -0.25) is 4.79 Å². The molecule has 20 heavy (non-hydrogen) atoms. The molecular formula is C17H32N2O. The van der Waals surface area contributed by atoms with Crippen molar-refractivity contribution in [1.82, 2.24) is 10.2 Å². The van der Waals surface area contributed by atoms with Gasteiger partial charge in [0.25, 0.3) is 0 Å². The quantitative estimate of drug-likeness (QED) is 0.810. The highest BCUT2D eigenvalue weighted by Crippen LogP contribution is 2.29. The van der Waals surface area contributed by atoms with Crippen LogP contribution in [0.15, 0.2) is 0 Å². The number of nitrogens with one attached hydrogen (secondary N) is 1. The smallest absolute Gasteiger partial charge is 0.222 e. The second-order valence-electron chi connectivity index (χ2n) is 6.76. The maximum absolute atomic E-state index is 12.3. The summed E-state index contributed by atoms with van der Waals surface area (Å²) in [4.78, 5) is 14.5. The normalized spacial score (nSPS) is 26.8. The molecule has 116 valence electrons. The van der Waals surface area contributed by atoms with Crippen molar-refractivity contribution in [2.45, 2.75) is 70.8 Å². The van der Waals surface area contributed by atoms with Crippen LogP contribution in [0, 0.1) is 11.8 Å². The van der Waals surface area contributed by atoms with Gasteiger partial charge in [-0.2, -0.15) is 0 Å². The number of amides is 1. The first kappa shape index (κ1) is 15.8. The van der Waals surface area contributed by atoms with Crippen molar-refractivity contribution in [1.29, 1.82) is 0 Å². The van der Waals surface area contributed by atoms with Gasteiger partial charge < -0.3 is 10.2 Å². The Morgan fingerprint density at radius 3 is 2.65 bits per heavy atom. The maximum atomic E-state index is 12.3. The highest BCUT2D eigenvalue weighted by Gasteiger charge is 2.28. The Morgan fingerprint density at radius 1 is 1.25 bits per heavy atom. The lowest BCUT2D eigenvalue weighted by atomic mass is 9.96. The summed E-state index contributed by atoms with van der Waals surface area (Å²) in [6.07, 6.45) is 11.0. The summed E-state index contributed by atoms with van der Waals surface area (Å²) in [5, 5.41) is 3.47. The molecule has 1 aliphatic carbocycles. The van der Waals surface area contributed by atoms with Crippen molar-refractivity contribution in [3.63, 3.8) is 0 Å². The van der Waals surface area contributed by atoms with Crippen LogP contribution in [0.3, 0.4) is 0 Å². The zero-order valence-corrected chi connectivity index (χ0v) is 13.4. The molecule has 2 aliphatic rings. The van der Waals surface area contributed by atoms with Crippen molar-refractivity contribution >= 4 is 5.91 Å². The average Bonchev–Trinajstić information content (AvgIpc) is 2.92. The van der Waals surface area contributed by atoms with Gasteiger partial charge in [0.1, 0.15) is 0 Å². The average molecular weight is 280 g/mol. The first-order valence-electron chi connectivity index (χ1n) is 8.69. The van der Waals surface area contributed by atoms with Crippen LogP contribution in [0.25, 0.3) is 0 Å². The van der Waals surface area contributed by atoms with Crippen LogP contribution in [0.4, 0.5) is 0 Å². The second kappa shape index (κ2) is 8.02. The van der Waals surface area contributed by atoms with E-state index in [1.165, 1.54) is 44.9 Å². The van der Waals surface area contributed by atoms with E-state index in [0.717, 1.165) is 37.8 Å². The predicted octanol–water partition coefficient (Wildman–Crippen LogP) is 3.19. The first-order chi connectivity index (χ1) is 9.74. The van der Waals surface area contributed by atoms with Gasteiger partial charge in [0.05, 0.1) is 0 Å². The molecule has 0 aromatic rings. The fourth-order valence-corrected chi connectivity index (χ4v) is 4.06. The lowest BCUT2D eigenvalue weighted by Crippen LogP contribution is -2.45. The van der Waals surface area contributed by atoms with Crippen LogP contribution in [-0.2, 0) is 4.79 Å². The molecule has 2 unspecified atom stereocenters. The number of likely N-dealkylation sites (tertiary alicyclic amines) is 1. The number of carbonyl (C=O) groups excluding carboxylic acids is 1. The molecule has 1 aliphatic heterocycles. The van der Waals surface area contributed by atoms with Gasteiger partial charge in [-0.05, 0) is 44.6 Å². The Balaban J connectivity index is 1.87. The number of hydrogen-bond acceptors (Lipinski definition) is 2. The Bertz CT molecular complexity index is 299. The highest BCUT2D eigenvalue weighted by molar-refractivity contribution is 5.76. The van der Waals surface area contributed by atoms with E-state index >= 15 is 0 Å². The minimum absolute atomic E-state index is 0.391. The third kappa shape index (κ3) is 4.21. The van der Waals surface area contributed by atoms with E-state index in [4.69, 9.17) is 0 Å². The van der Waals surface area contributed by atoms with Crippen LogP contribution >= 0.6 is 0 Å². The Morgan fingerprint density at radius 2 is 2.00 bits per heavy atom. The molecule has 3 nitrogen and oxygen atoms in total. The Hall–Kier alpha value is -0.570. The van der Waals surface area contributed by atoms with Crippen LogP contribution in [0.1, 0.15) is 64.7 Å². The zero-order chi connectivity index (χ0) is 14.4. The molecule has 0 aromatic carbocycles. The first-order valence-corrected chi connectivity index (χ1v) is 8.69. The molecule has 2 fully saturated rings. The molecule has 1 saturated carbocycles. The van der Waals surface area contributed by atoms with Gasteiger partial charge in [0.2, 0.25) is 5.91 Å². The number of likely N-dealkylation sites (N-methyl/N-ethyl adjacent to an activating group) is 1. The number of rotatable bonds is 6. The van der Waals surface area contributed by atoms with E-state index in [0.29, 0.717) is 11.9 Å². The molecule has 0 radical (unpaired) electrons. The molecule has 2 atom stereocenters. The molecule has 1 heterocycles. The lowest BCUT2D eigenvalue weighted by molar-refractivity contribution is -0.131. The highest BCUT2D eigenvalue weighted by atomic mass is 16.2. The third-order valence-electron chi connectivity index (χ3n) is 5.38. The topological polar surface area (TPSA) is 32.3 Å². The fourth-order valence-electron chi connectivity index (χ4n) is 4.06. The second-order valence-corrected chi connectivity index (χ2v) is 6.76. The maximum Gasteiger partial charge on any atom is 0.222 e. The summed E-state index contributed by atoms with van der Waals surface area (Å²) in [5.41, 5.74) is 0. The van der Waals surface area contributed by atoms with Crippen molar-refractivity contribution in [3.05, 3.63) is 0 Å². The van der Waals surface area contributed by atoms with Crippen LogP contribution in [-0.4, -0.2) is 37.0 Å². The minimum Gasteiger partial charge on any atom is -0.341 e. The van der Waals surface area contributed by atoms with Crippen molar-refractivity contribution in [3.8, 4) is 0 Å².